The van der Waals surface area contributed by atoms with Gasteiger partial charge in [-0.15, -0.1) is 0 Å². The fraction of sp³-hybridized carbons (Fsp3) is 0.826. The van der Waals surface area contributed by atoms with Crippen molar-refractivity contribution in [3.63, 3.8) is 0 Å². The van der Waals surface area contributed by atoms with Crippen LogP contribution in [0.25, 0.3) is 0 Å². The first-order valence-corrected chi connectivity index (χ1v) is 21.9. The van der Waals surface area contributed by atoms with E-state index < -0.39 is 0 Å². The van der Waals surface area contributed by atoms with Crippen LogP contribution in [-0.2, 0) is 0 Å². The SMILES string of the molecule is CCCCCC=CCC=CCCCCCCCCC(CCCCCCCCC=CCC=CCCCCC)N1CCN(CCCN(C)C)CC1. The molecular weight excluding hydrogens is 595 g/mol. The zero-order chi connectivity index (χ0) is 35.3. The molecule has 0 unspecified atom stereocenters. The third kappa shape index (κ3) is 31.3. The Morgan fingerprint density at radius 1 is 0.449 bits per heavy atom. The number of unbranched alkanes of at least 4 members (excludes halogenated alkanes) is 18. The molecule has 0 bridgehead atoms. The highest BCUT2D eigenvalue weighted by Gasteiger charge is 2.23. The molecule has 1 aliphatic rings. The number of hydrogen-bond acceptors (Lipinski definition) is 3. The monoisotopic (exact) mass is 682 g/mol. The van der Waals surface area contributed by atoms with Crippen molar-refractivity contribution in [2.75, 3.05) is 53.4 Å². The first-order chi connectivity index (χ1) is 24.2. The molecule has 1 aliphatic heterocycles. The van der Waals surface area contributed by atoms with E-state index >= 15 is 0 Å². The largest absolute Gasteiger partial charge is 0.309 e. The average molecular weight is 682 g/mol. The Morgan fingerprint density at radius 2 is 0.837 bits per heavy atom. The summed E-state index contributed by atoms with van der Waals surface area (Å²) >= 11 is 0. The summed E-state index contributed by atoms with van der Waals surface area (Å²) in [6.07, 6.45) is 55.5. The quantitative estimate of drug-likeness (QED) is 0.0487. The highest BCUT2D eigenvalue weighted by Crippen LogP contribution is 2.21. The molecule has 0 radical (unpaired) electrons. The van der Waals surface area contributed by atoms with Crippen molar-refractivity contribution in [1.29, 1.82) is 0 Å². The molecular formula is C46H87N3. The topological polar surface area (TPSA) is 9.72 Å². The molecule has 0 aromatic heterocycles. The van der Waals surface area contributed by atoms with E-state index in [1.165, 1.54) is 200 Å². The van der Waals surface area contributed by atoms with Gasteiger partial charge < -0.3 is 9.80 Å². The van der Waals surface area contributed by atoms with E-state index in [1.54, 1.807) is 0 Å². The fourth-order valence-electron chi connectivity index (χ4n) is 7.21. The van der Waals surface area contributed by atoms with Crippen LogP contribution < -0.4 is 0 Å². The van der Waals surface area contributed by atoms with Crippen LogP contribution in [0.4, 0.5) is 0 Å². The first kappa shape index (κ1) is 45.9. The molecule has 0 aromatic carbocycles. The lowest BCUT2D eigenvalue weighted by atomic mass is 9.98. The van der Waals surface area contributed by atoms with Gasteiger partial charge in [0, 0.05) is 32.2 Å². The average Bonchev–Trinajstić information content (AvgIpc) is 3.10. The Bertz CT molecular complexity index is 725. The van der Waals surface area contributed by atoms with Crippen LogP contribution in [0, 0.1) is 0 Å². The van der Waals surface area contributed by atoms with Gasteiger partial charge in [0.25, 0.3) is 0 Å². The number of piperazine rings is 1. The third-order valence-corrected chi connectivity index (χ3v) is 10.5. The minimum Gasteiger partial charge on any atom is -0.309 e. The summed E-state index contributed by atoms with van der Waals surface area (Å²) in [6, 6.07) is 0.820. The summed E-state index contributed by atoms with van der Waals surface area (Å²) in [6.45, 7) is 12.2. The lowest BCUT2D eigenvalue weighted by Gasteiger charge is -2.39. The molecule has 1 rings (SSSR count). The number of rotatable bonds is 35. The van der Waals surface area contributed by atoms with Gasteiger partial charge in [-0.25, -0.2) is 0 Å². The van der Waals surface area contributed by atoms with E-state index in [0.717, 1.165) is 18.9 Å². The molecule has 1 heterocycles. The van der Waals surface area contributed by atoms with E-state index in [2.05, 4.69) is 91.3 Å². The van der Waals surface area contributed by atoms with Gasteiger partial charge in [-0.2, -0.15) is 0 Å². The molecule has 0 spiro atoms. The third-order valence-electron chi connectivity index (χ3n) is 10.5. The summed E-state index contributed by atoms with van der Waals surface area (Å²) in [4.78, 5) is 7.94. The molecule has 0 N–H and O–H groups in total. The van der Waals surface area contributed by atoms with Crippen LogP contribution in [0.15, 0.2) is 48.6 Å². The Kier molecular flexibility index (Phi) is 34.3. The van der Waals surface area contributed by atoms with Crippen molar-refractivity contribution < 1.29 is 0 Å². The highest BCUT2D eigenvalue weighted by atomic mass is 15.3. The maximum absolute atomic E-state index is 2.89. The Hall–Kier alpha value is -1.16. The van der Waals surface area contributed by atoms with Crippen LogP contribution in [0.1, 0.15) is 187 Å². The van der Waals surface area contributed by atoms with E-state index in [4.69, 9.17) is 0 Å². The van der Waals surface area contributed by atoms with Gasteiger partial charge in [-0.3, -0.25) is 4.90 Å². The number of nitrogens with zero attached hydrogens (tertiary/aromatic N) is 3. The van der Waals surface area contributed by atoms with Crippen LogP contribution in [0.2, 0.25) is 0 Å². The molecule has 286 valence electrons. The normalized spacial score (nSPS) is 15.8. The maximum atomic E-state index is 2.89. The summed E-state index contributed by atoms with van der Waals surface area (Å²) in [7, 11) is 4.40. The minimum absolute atomic E-state index is 0.820. The summed E-state index contributed by atoms with van der Waals surface area (Å²) < 4.78 is 0. The number of hydrogen-bond donors (Lipinski definition) is 0. The molecule has 0 amide bonds. The van der Waals surface area contributed by atoms with Gasteiger partial charge >= 0.3 is 0 Å². The van der Waals surface area contributed by atoms with Gasteiger partial charge in [0.05, 0.1) is 0 Å². The van der Waals surface area contributed by atoms with Gasteiger partial charge in [-0.05, 0) is 111 Å². The Labute approximate surface area is 309 Å². The van der Waals surface area contributed by atoms with Crippen LogP contribution in [0.3, 0.4) is 0 Å². The van der Waals surface area contributed by atoms with Gasteiger partial charge in [0.15, 0.2) is 0 Å². The molecule has 1 saturated heterocycles. The second-order valence-corrected chi connectivity index (χ2v) is 15.4. The summed E-state index contributed by atoms with van der Waals surface area (Å²) in [5, 5.41) is 0. The van der Waals surface area contributed by atoms with Gasteiger partial charge in [0.2, 0.25) is 0 Å². The van der Waals surface area contributed by atoms with E-state index in [1.807, 2.05) is 0 Å². The maximum Gasteiger partial charge on any atom is 0.0113 e. The Balaban J connectivity index is 2.21. The summed E-state index contributed by atoms with van der Waals surface area (Å²) in [5.74, 6) is 0. The minimum atomic E-state index is 0.820. The highest BCUT2D eigenvalue weighted by molar-refractivity contribution is 4.93. The molecule has 0 atom stereocenters. The fourth-order valence-corrected chi connectivity index (χ4v) is 7.21. The lowest BCUT2D eigenvalue weighted by Crippen LogP contribution is -2.50. The number of allylic oxidation sites excluding steroid dienone is 8. The molecule has 3 nitrogen and oxygen atoms in total. The second-order valence-electron chi connectivity index (χ2n) is 15.4. The molecule has 0 aromatic rings. The first-order valence-electron chi connectivity index (χ1n) is 21.9. The molecule has 3 heteroatoms. The van der Waals surface area contributed by atoms with E-state index in [9.17, 15) is 0 Å². The van der Waals surface area contributed by atoms with E-state index in [-0.39, 0.29) is 0 Å². The van der Waals surface area contributed by atoms with E-state index in [0.29, 0.717) is 0 Å². The van der Waals surface area contributed by atoms with Crippen LogP contribution >= 0.6 is 0 Å². The van der Waals surface area contributed by atoms with Crippen molar-refractivity contribution in [2.24, 2.45) is 0 Å². The van der Waals surface area contributed by atoms with Crippen molar-refractivity contribution in [1.82, 2.24) is 14.7 Å². The second kappa shape index (κ2) is 36.6. The smallest absolute Gasteiger partial charge is 0.0113 e. The van der Waals surface area contributed by atoms with Crippen molar-refractivity contribution in [2.45, 2.75) is 193 Å². The zero-order valence-corrected chi connectivity index (χ0v) is 33.9. The summed E-state index contributed by atoms with van der Waals surface area (Å²) in [5.41, 5.74) is 0. The van der Waals surface area contributed by atoms with Crippen molar-refractivity contribution in [3.8, 4) is 0 Å². The molecule has 0 aliphatic carbocycles. The molecule has 0 saturated carbocycles. The van der Waals surface area contributed by atoms with Crippen molar-refractivity contribution >= 4 is 0 Å². The van der Waals surface area contributed by atoms with Crippen molar-refractivity contribution in [3.05, 3.63) is 48.6 Å². The lowest BCUT2D eigenvalue weighted by molar-refractivity contribution is 0.0838. The zero-order valence-electron chi connectivity index (χ0n) is 33.9. The van der Waals surface area contributed by atoms with Crippen LogP contribution in [-0.4, -0.2) is 74.1 Å². The van der Waals surface area contributed by atoms with Gasteiger partial charge in [0.1, 0.15) is 0 Å². The predicted octanol–water partition coefficient (Wildman–Crippen LogP) is 13.3. The Morgan fingerprint density at radius 3 is 1.24 bits per heavy atom. The van der Waals surface area contributed by atoms with Crippen LogP contribution in [0.5, 0.6) is 0 Å². The molecule has 49 heavy (non-hydrogen) atoms. The van der Waals surface area contributed by atoms with Gasteiger partial charge in [-0.1, -0.05) is 152 Å². The predicted molar refractivity (Wildman–Crippen MR) is 223 cm³/mol. The standard InChI is InChI=1S/C46H87N3/c1-5-7-9-11-13-15-17-19-21-23-25-27-29-31-33-35-38-46(49-44-42-48(43-45-49)41-37-40-47(3)4)39-36-34-32-30-28-26-24-22-20-18-16-14-12-10-8-6-2/h13-16,19-22,46H,5-12,17-18,23-45H2,1-4H3. The molecule has 1 fully saturated rings.